The van der Waals surface area contributed by atoms with E-state index < -0.39 is 52.4 Å². The highest BCUT2D eigenvalue weighted by Crippen LogP contribution is 2.62. The molecule has 38 heavy (non-hydrogen) atoms. The van der Waals surface area contributed by atoms with Crippen LogP contribution in [0.2, 0.25) is 0 Å². The van der Waals surface area contributed by atoms with Gasteiger partial charge in [0.2, 0.25) is 5.78 Å². The summed E-state index contributed by atoms with van der Waals surface area (Å²) < 4.78 is 17.1. The molecule has 5 atom stereocenters. The molecular formula is C29H31NO8. The molecule has 2 fully saturated rings. The van der Waals surface area contributed by atoms with Gasteiger partial charge < -0.3 is 24.6 Å². The lowest BCUT2D eigenvalue weighted by Gasteiger charge is -2.53. The second-order valence-corrected chi connectivity index (χ2v) is 10.7. The Kier molecular flexibility index (Phi) is 6.30. The van der Waals surface area contributed by atoms with Crippen LogP contribution < -0.4 is 5.32 Å². The van der Waals surface area contributed by atoms with Crippen LogP contribution in [-0.4, -0.2) is 54.5 Å². The fraction of sp³-hybridized carbons (Fsp3) is 0.448. The number of ether oxygens (including phenoxy) is 3. The van der Waals surface area contributed by atoms with Gasteiger partial charge in [0, 0.05) is 61.2 Å². The smallest absolute Gasteiger partial charge is 0.340 e. The van der Waals surface area contributed by atoms with Crippen LogP contribution in [0.1, 0.15) is 40.0 Å². The number of Topliss-reactive ketones (excluding diaryl/α,β-unsaturated/α-hetero) is 2. The molecule has 1 aromatic carbocycles. The monoisotopic (exact) mass is 521 g/mol. The fourth-order valence-corrected chi connectivity index (χ4v) is 6.79. The van der Waals surface area contributed by atoms with Crippen molar-refractivity contribution in [2.45, 2.75) is 52.2 Å². The van der Waals surface area contributed by atoms with Crippen molar-refractivity contribution in [2.75, 3.05) is 19.0 Å². The maximum Gasteiger partial charge on any atom is 0.340 e. The number of para-hydroxylation sites is 1. The van der Waals surface area contributed by atoms with Gasteiger partial charge in [-0.2, -0.15) is 0 Å². The molecule has 3 aliphatic carbocycles. The number of carbonyl (C=O) groups is 4. The van der Waals surface area contributed by atoms with Crippen molar-refractivity contribution in [1.29, 1.82) is 0 Å². The number of methoxy groups -OCH3 is 1. The third kappa shape index (κ3) is 3.71. The van der Waals surface area contributed by atoms with E-state index in [9.17, 15) is 24.3 Å². The van der Waals surface area contributed by atoms with E-state index in [4.69, 9.17) is 14.2 Å². The third-order valence-electron chi connectivity index (χ3n) is 8.58. The van der Waals surface area contributed by atoms with E-state index in [0.29, 0.717) is 17.7 Å². The van der Waals surface area contributed by atoms with Crippen molar-refractivity contribution in [3.05, 3.63) is 64.6 Å². The number of carbonyl (C=O) groups excluding carboxylic acids is 4. The minimum absolute atomic E-state index is 0.00502. The van der Waals surface area contributed by atoms with E-state index in [0.717, 1.165) is 0 Å². The Morgan fingerprint density at radius 2 is 1.92 bits per heavy atom. The number of hydrogen-bond acceptors (Lipinski definition) is 9. The van der Waals surface area contributed by atoms with E-state index in [2.05, 4.69) is 5.32 Å². The highest BCUT2D eigenvalue weighted by atomic mass is 16.6. The number of hydrogen-bond donors (Lipinski definition) is 2. The van der Waals surface area contributed by atoms with Crippen molar-refractivity contribution >= 4 is 29.2 Å². The van der Waals surface area contributed by atoms with Gasteiger partial charge in [0.05, 0.1) is 17.6 Å². The molecule has 1 unspecified atom stereocenters. The predicted molar refractivity (Wildman–Crippen MR) is 136 cm³/mol. The van der Waals surface area contributed by atoms with Gasteiger partial charge in [-0.05, 0) is 31.1 Å². The normalized spacial score (nSPS) is 33.5. The van der Waals surface area contributed by atoms with Crippen LogP contribution in [0.4, 0.5) is 5.69 Å². The number of benzene rings is 1. The van der Waals surface area contributed by atoms with Gasteiger partial charge >= 0.3 is 11.9 Å². The number of cyclic esters (lactones) is 1. The Morgan fingerprint density at radius 1 is 1.21 bits per heavy atom. The molecule has 0 bridgehead atoms. The molecule has 9 heteroatoms. The van der Waals surface area contributed by atoms with Crippen LogP contribution in [0.15, 0.2) is 64.6 Å². The molecule has 9 nitrogen and oxygen atoms in total. The zero-order valence-electron chi connectivity index (χ0n) is 21.8. The van der Waals surface area contributed by atoms with Crippen molar-refractivity contribution in [3.8, 4) is 0 Å². The summed E-state index contributed by atoms with van der Waals surface area (Å²) in [6.45, 7) is 4.80. The molecular weight excluding hydrogens is 490 g/mol. The van der Waals surface area contributed by atoms with Crippen LogP contribution in [0, 0.1) is 16.7 Å². The largest absolute Gasteiger partial charge is 0.504 e. The zero-order chi connectivity index (χ0) is 27.4. The van der Waals surface area contributed by atoms with Gasteiger partial charge in [0.1, 0.15) is 18.0 Å². The van der Waals surface area contributed by atoms with E-state index in [1.807, 2.05) is 18.2 Å². The summed E-state index contributed by atoms with van der Waals surface area (Å²) in [5.41, 5.74) is -0.692. The number of rotatable bonds is 5. The predicted octanol–water partition coefficient (Wildman–Crippen LogP) is 3.57. The summed E-state index contributed by atoms with van der Waals surface area (Å²) in [5.74, 6) is -2.99. The lowest BCUT2D eigenvalue weighted by Crippen LogP contribution is -2.57. The van der Waals surface area contributed by atoms with Crippen molar-refractivity contribution in [2.24, 2.45) is 16.7 Å². The molecule has 1 aromatic rings. The van der Waals surface area contributed by atoms with Gasteiger partial charge in [0.15, 0.2) is 5.76 Å². The fourth-order valence-electron chi connectivity index (χ4n) is 6.79. The lowest BCUT2D eigenvalue weighted by atomic mass is 9.53. The molecule has 0 radical (unpaired) electrons. The Morgan fingerprint density at radius 3 is 2.58 bits per heavy atom. The number of nitrogens with one attached hydrogen (secondary N) is 1. The first-order valence-electron chi connectivity index (χ1n) is 12.7. The van der Waals surface area contributed by atoms with Crippen molar-refractivity contribution < 1.29 is 38.5 Å². The average molecular weight is 522 g/mol. The Hall–Kier alpha value is -3.72. The topological polar surface area (TPSA) is 128 Å². The summed E-state index contributed by atoms with van der Waals surface area (Å²) in [5, 5.41) is 14.5. The van der Waals surface area contributed by atoms with Crippen molar-refractivity contribution in [3.63, 3.8) is 0 Å². The van der Waals surface area contributed by atoms with E-state index in [1.165, 1.54) is 20.2 Å². The van der Waals surface area contributed by atoms with Crippen molar-refractivity contribution in [1.82, 2.24) is 0 Å². The van der Waals surface area contributed by atoms with E-state index in [-0.39, 0.29) is 42.0 Å². The maximum absolute atomic E-state index is 13.9. The SMILES string of the molecule is COCC1OC(=O)/C(=C\Nc2ccccc2)C2=C(O)C(=O)C3=C([C@H](OC(C)=O)C[C@]4(C)C(=O)CC[C@@H]34)[C@]21C. The van der Waals surface area contributed by atoms with Gasteiger partial charge in [-0.3, -0.25) is 14.4 Å². The number of ketones is 2. The molecule has 0 amide bonds. The minimum Gasteiger partial charge on any atom is -0.504 e. The highest BCUT2D eigenvalue weighted by Gasteiger charge is 2.64. The van der Waals surface area contributed by atoms with Gasteiger partial charge in [-0.15, -0.1) is 0 Å². The molecule has 1 aliphatic heterocycles. The van der Waals surface area contributed by atoms with Crippen LogP contribution >= 0.6 is 0 Å². The minimum atomic E-state index is -1.27. The molecule has 0 spiro atoms. The molecule has 5 rings (SSSR count). The van der Waals surface area contributed by atoms with E-state index in [1.54, 1.807) is 26.0 Å². The Bertz CT molecular complexity index is 1330. The molecule has 1 saturated carbocycles. The summed E-state index contributed by atoms with van der Waals surface area (Å²) in [7, 11) is 1.46. The van der Waals surface area contributed by atoms with Crippen LogP contribution in [0.5, 0.6) is 0 Å². The summed E-state index contributed by atoms with van der Waals surface area (Å²) in [6, 6.07) is 9.09. The summed E-state index contributed by atoms with van der Waals surface area (Å²) in [4.78, 5) is 52.4. The first-order valence-corrected chi connectivity index (χ1v) is 12.7. The average Bonchev–Trinajstić information content (AvgIpc) is 3.16. The second-order valence-electron chi connectivity index (χ2n) is 10.7. The maximum atomic E-state index is 13.9. The Balaban J connectivity index is 1.74. The number of esters is 2. The van der Waals surface area contributed by atoms with Crippen LogP contribution in [0.25, 0.3) is 0 Å². The van der Waals surface area contributed by atoms with Gasteiger partial charge in [-0.1, -0.05) is 25.1 Å². The molecule has 0 aromatic heterocycles. The number of anilines is 1. The van der Waals surface area contributed by atoms with Gasteiger partial charge in [0.25, 0.3) is 0 Å². The second kappa shape index (κ2) is 9.23. The summed E-state index contributed by atoms with van der Waals surface area (Å²) >= 11 is 0. The van der Waals surface area contributed by atoms with Gasteiger partial charge in [-0.25, -0.2) is 4.79 Å². The molecule has 1 heterocycles. The molecule has 4 aliphatic rings. The third-order valence-corrected chi connectivity index (χ3v) is 8.58. The summed E-state index contributed by atoms with van der Waals surface area (Å²) in [6.07, 6.45) is 0.482. The highest BCUT2D eigenvalue weighted by molar-refractivity contribution is 6.14. The quantitative estimate of drug-likeness (QED) is 0.441. The molecule has 1 saturated heterocycles. The van der Waals surface area contributed by atoms with E-state index >= 15 is 0 Å². The Labute approximate surface area is 220 Å². The number of aliphatic hydroxyl groups excluding tert-OH is 1. The number of aliphatic hydroxyl groups is 1. The van der Waals surface area contributed by atoms with Crippen LogP contribution in [0.3, 0.4) is 0 Å². The standard InChI is InChI=1S/C29H31NO8/c1-15(31)37-19-12-28(2)18(10-11-20(28)32)22-24(19)29(3)21(14-36-4)38-27(35)17(23(29)26(34)25(22)33)13-30-16-8-6-5-7-9-16/h5-9,13,18-19,21,30,34H,10-12,14H2,1-4H3/b17-13-/t18-,19+,21?,28-,29-/m0/s1. The first kappa shape index (κ1) is 25.9. The van der Waals surface area contributed by atoms with Crippen LogP contribution in [-0.2, 0) is 33.4 Å². The lowest BCUT2D eigenvalue weighted by molar-refractivity contribution is -0.160. The zero-order valence-corrected chi connectivity index (χ0v) is 21.8. The number of fused-ring (bicyclic) bond motifs is 4. The molecule has 2 N–H and O–H groups in total. The first-order chi connectivity index (χ1) is 18.0. The number of allylic oxidation sites excluding steroid dienone is 1. The molecule has 200 valence electrons.